The maximum absolute atomic E-state index is 12.8. The zero-order valence-corrected chi connectivity index (χ0v) is 17.7. The van der Waals surface area contributed by atoms with Gasteiger partial charge in [0.2, 0.25) is 5.91 Å². The highest BCUT2D eigenvalue weighted by Crippen LogP contribution is 2.18. The lowest BCUT2D eigenvalue weighted by Gasteiger charge is -2.21. The van der Waals surface area contributed by atoms with E-state index in [1.165, 1.54) is 9.75 Å². The summed E-state index contributed by atoms with van der Waals surface area (Å²) in [4.78, 5) is 29.1. The smallest absolute Gasteiger partial charge is 0.251 e. The number of hydrogen-bond donors (Lipinski definition) is 1. The first-order valence-corrected chi connectivity index (χ1v) is 11.1. The van der Waals surface area contributed by atoms with E-state index in [0.717, 1.165) is 0 Å². The predicted octanol–water partition coefficient (Wildman–Crippen LogP) is 5.20. The molecule has 1 N–H and O–H groups in total. The minimum absolute atomic E-state index is 0.0996. The average Bonchev–Trinajstić information content (AvgIpc) is 3.39. The molecular formula is C21H21ClN2O2S2. The topological polar surface area (TPSA) is 49.4 Å². The van der Waals surface area contributed by atoms with Gasteiger partial charge >= 0.3 is 0 Å². The quantitative estimate of drug-likeness (QED) is 0.472. The molecule has 0 spiro atoms. The van der Waals surface area contributed by atoms with Crippen LogP contribution in [0.3, 0.4) is 0 Å². The first-order valence-electron chi connectivity index (χ1n) is 8.98. The van der Waals surface area contributed by atoms with Crippen LogP contribution < -0.4 is 5.32 Å². The molecule has 3 rings (SSSR count). The molecule has 0 aliphatic heterocycles. The summed E-state index contributed by atoms with van der Waals surface area (Å²) in [6.07, 6.45) is 1.00. The number of amides is 2. The van der Waals surface area contributed by atoms with Crippen LogP contribution in [0, 0.1) is 0 Å². The number of benzene rings is 1. The fraction of sp³-hybridized carbons (Fsp3) is 0.238. The van der Waals surface area contributed by atoms with Gasteiger partial charge in [-0.15, -0.1) is 22.7 Å². The summed E-state index contributed by atoms with van der Waals surface area (Å²) >= 11 is 9.15. The van der Waals surface area contributed by atoms with E-state index in [4.69, 9.17) is 11.6 Å². The van der Waals surface area contributed by atoms with Gasteiger partial charge in [-0.2, -0.15) is 0 Å². The Balaban J connectivity index is 1.48. The fourth-order valence-corrected chi connectivity index (χ4v) is 4.28. The summed E-state index contributed by atoms with van der Waals surface area (Å²) in [6, 6.07) is 14.8. The molecule has 0 aliphatic rings. The molecule has 2 aromatic heterocycles. The molecule has 0 saturated heterocycles. The number of rotatable bonds is 9. The third-order valence-corrected chi connectivity index (χ3v) is 6.14. The Morgan fingerprint density at radius 1 is 0.929 bits per heavy atom. The summed E-state index contributed by atoms with van der Waals surface area (Å²) < 4.78 is 0. The van der Waals surface area contributed by atoms with E-state index in [1.807, 2.05) is 39.9 Å². The minimum atomic E-state index is -0.154. The van der Waals surface area contributed by atoms with Crippen LogP contribution in [0.2, 0.25) is 5.02 Å². The van der Waals surface area contributed by atoms with E-state index in [-0.39, 0.29) is 11.8 Å². The van der Waals surface area contributed by atoms with Crippen molar-refractivity contribution in [1.29, 1.82) is 0 Å². The molecule has 3 aromatic rings. The van der Waals surface area contributed by atoms with Gasteiger partial charge in [0.25, 0.3) is 5.91 Å². The summed E-state index contributed by atoms with van der Waals surface area (Å²) in [5.41, 5.74) is 0.563. The van der Waals surface area contributed by atoms with Crippen molar-refractivity contribution in [3.63, 3.8) is 0 Å². The van der Waals surface area contributed by atoms with E-state index >= 15 is 0 Å². The molecule has 2 amide bonds. The molecule has 0 unspecified atom stereocenters. The summed E-state index contributed by atoms with van der Waals surface area (Å²) in [7, 11) is 0. The van der Waals surface area contributed by atoms with Gasteiger partial charge in [-0.3, -0.25) is 9.59 Å². The number of nitrogens with zero attached hydrogens (tertiary/aromatic N) is 1. The molecule has 0 atom stereocenters. The molecule has 0 saturated carbocycles. The Morgan fingerprint density at radius 3 is 2.07 bits per heavy atom. The number of hydrogen-bond acceptors (Lipinski definition) is 4. The van der Waals surface area contributed by atoms with Crippen LogP contribution in [-0.2, 0) is 17.9 Å². The monoisotopic (exact) mass is 432 g/mol. The Labute approximate surface area is 177 Å². The Bertz CT molecular complexity index is 842. The van der Waals surface area contributed by atoms with Crippen molar-refractivity contribution < 1.29 is 9.59 Å². The Morgan fingerprint density at radius 2 is 1.54 bits per heavy atom. The van der Waals surface area contributed by atoms with Gasteiger partial charge in [0.05, 0.1) is 13.1 Å². The number of thiophene rings is 2. The fourth-order valence-electron chi connectivity index (χ4n) is 2.72. The molecule has 7 heteroatoms. The van der Waals surface area contributed by atoms with Crippen molar-refractivity contribution in [3.05, 3.63) is 79.6 Å². The van der Waals surface area contributed by atoms with E-state index in [9.17, 15) is 9.59 Å². The Kier molecular flexibility index (Phi) is 7.65. The summed E-state index contributed by atoms with van der Waals surface area (Å²) in [5, 5.41) is 7.50. The van der Waals surface area contributed by atoms with Crippen LogP contribution in [0.4, 0.5) is 0 Å². The summed E-state index contributed by atoms with van der Waals surface area (Å²) in [6.45, 7) is 1.69. The van der Waals surface area contributed by atoms with Crippen LogP contribution >= 0.6 is 34.3 Å². The first-order chi connectivity index (χ1) is 13.6. The van der Waals surface area contributed by atoms with Gasteiger partial charge in [-0.05, 0) is 53.6 Å². The molecule has 4 nitrogen and oxygen atoms in total. The van der Waals surface area contributed by atoms with Crippen LogP contribution in [0.5, 0.6) is 0 Å². The summed E-state index contributed by atoms with van der Waals surface area (Å²) in [5.74, 6) is -0.0549. The SMILES string of the molecule is O=C(NCCCC(=O)N(Cc1cccs1)Cc1cccs1)c1ccc(Cl)cc1. The molecule has 28 heavy (non-hydrogen) atoms. The lowest BCUT2D eigenvalue weighted by molar-refractivity contribution is -0.132. The van der Waals surface area contributed by atoms with Gasteiger partial charge in [0, 0.05) is 33.3 Å². The second-order valence-corrected chi connectivity index (χ2v) is 8.78. The number of carbonyl (C=O) groups is 2. The molecule has 0 fully saturated rings. The standard InChI is InChI=1S/C21H21ClN2O2S2/c22-17-9-7-16(8-10-17)21(26)23-11-1-6-20(25)24(14-18-4-2-12-27-18)15-19-5-3-13-28-19/h2-5,7-10,12-13H,1,6,11,14-15H2,(H,23,26). The molecule has 0 aliphatic carbocycles. The molecule has 146 valence electrons. The maximum Gasteiger partial charge on any atom is 0.251 e. The number of halogens is 1. The molecule has 0 radical (unpaired) electrons. The normalized spacial score (nSPS) is 10.6. The lowest BCUT2D eigenvalue weighted by atomic mass is 10.2. The van der Waals surface area contributed by atoms with Crippen molar-refractivity contribution in [2.24, 2.45) is 0 Å². The van der Waals surface area contributed by atoms with Crippen LogP contribution in [0.25, 0.3) is 0 Å². The van der Waals surface area contributed by atoms with Crippen LogP contribution in [0.1, 0.15) is 33.0 Å². The van der Waals surface area contributed by atoms with Crippen molar-refractivity contribution in [3.8, 4) is 0 Å². The van der Waals surface area contributed by atoms with Crippen molar-refractivity contribution >= 4 is 46.1 Å². The average molecular weight is 433 g/mol. The minimum Gasteiger partial charge on any atom is -0.352 e. The highest BCUT2D eigenvalue weighted by molar-refractivity contribution is 7.10. The zero-order chi connectivity index (χ0) is 19.8. The van der Waals surface area contributed by atoms with Gasteiger partial charge in [-0.1, -0.05) is 23.7 Å². The lowest BCUT2D eigenvalue weighted by Crippen LogP contribution is -2.31. The van der Waals surface area contributed by atoms with E-state index in [1.54, 1.807) is 46.9 Å². The number of nitrogens with one attached hydrogen (secondary N) is 1. The molecule has 0 bridgehead atoms. The van der Waals surface area contributed by atoms with E-state index in [2.05, 4.69) is 5.32 Å². The van der Waals surface area contributed by atoms with Gasteiger partial charge in [-0.25, -0.2) is 0 Å². The third-order valence-electron chi connectivity index (χ3n) is 4.17. The predicted molar refractivity (Wildman–Crippen MR) is 116 cm³/mol. The zero-order valence-electron chi connectivity index (χ0n) is 15.3. The van der Waals surface area contributed by atoms with Gasteiger partial charge in [0.1, 0.15) is 0 Å². The molecule has 2 heterocycles. The highest BCUT2D eigenvalue weighted by Gasteiger charge is 2.15. The number of carbonyl (C=O) groups excluding carboxylic acids is 2. The highest BCUT2D eigenvalue weighted by atomic mass is 35.5. The second kappa shape index (κ2) is 10.4. The van der Waals surface area contributed by atoms with Crippen LogP contribution in [-0.4, -0.2) is 23.3 Å². The Hall–Kier alpha value is -2.15. The van der Waals surface area contributed by atoms with Crippen molar-refractivity contribution in [1.82, 2.24) is 10.2 Å². The van der Waals surface area contributed by atoms with Gasteiger partial charge in [0.15, 0.2) is 0 Å². The van der Waals surface area contributed by atoms with E-state index < -0.39 is 0 Å². The van der Waals surface area contributed by atoms with Gasteiger partial charge < -0.3 is 10.2 Å². The largest absolute Gasteiger partial charge is 0.352 e. The molecule has 1 aromatic carbocycles. The van der Waals surface area contributed by atoms with E-state index in [0.29, 0.717) is 43.1 Å². The first kappa shape index (κ1) is 20.6. The molecular weight excluding hydrogens is 412 g/mol. The van der Waals surface area contributed by atoms with Crippen LogP contribution in [0.15, 0.2) is 59.3 Å². The van der Waals surface area contributed by atoms with Crippen molar-refractivity contribution in [2.75, 3.05) is 6.54 Å². The second-order valence-electron chi connectivity index (χ2n) is 6.27. The maximum atomic E-state index is 12.8. The third kappa shape index (κ3) is 6.19. The van der Waals surface area contributed by atoms with Crippen molar-refractivity contribution in [2.45, 2.75) is 25.9 Å².